The summed E-state index contributed by atoms with van der Waals surface area (Å²) < 4.78 is 2.26. The predicted molar refractivity (Wildman–Crippen MR) is 83.3 cm³/mol. The molecule has 0 spiro atoms. The van der Waals surface area contributed by atoms with Crippen molar-refractivity contribution >= 4 is 10.9 Å². The van der Waals surface area contributed by atoms with E-state index in [4.69, 9.17) is 0 Å². The lowest BCUT2D eigenvalue weighted by atomic mass is 10.1. The quantitative estimate of drug-likeness (QED) is 0.815. The van der Waals surface area contributed by atoms with E-state index in [0.29, 0.717) is 0 Å². The number of rotatable bonds is 4. The van der Waals surface area contributed by atoms with E-state index < -0.39 is 0 Å². The van der Waals surface area contributed by atoms with Crippen molar-refractivity contribution in [3.8, 4) is 0 Å². The second kappa shape index (κ2) is 5.22. The molecule has 0 aliphatic carbocycles. The van der Waals surface area contributed by atoms with E-state index in [2.05, 4.69) is 74.6 Å². The van der Waals surface area contributed by atoms with Crippen LogP contribution in [0.5, 0.6) is 0 Å². The van der Waals surface area contributed by atoms with Gasteiger partial charge in [0.25, 0.3) is 0 Å². The lowest BCUT2D eigenvalue weighted by molar-refractivity contribution is 0.425. The van der Waals surface area contributed by atoms with Crippen molar-refractivity contribution in [3.05, 3.63) is 48.2 Å². The SMILES string of the molecule is C=C(C)Cn1ccc2c(CNC(C)(C)C)cccc21. The van der Waals surface area contributed by atoms with Crippen LogP contribution >= 0.6 is 0 Å². The highest BCUT2D eigenvalue weighted by Gasteiger charge is 2.11. The molecule has 0 amide bonds. The number of fused-ring (bicyclic) bond motifs is 1. The molecule has 0 aliphatic heterocycles. The molecule has 0 saturated carbocycles. The summed E-state index contributed by atoms with van der Waals surface area (Å²) in [5.74, 6) is 0. The van der Waals surface area contributed by atoms with Gasteiger partial charge in [0.2, 0.25) is 0 Å². The summed E-state index contributed by atoms with van der Waals surface area (Å²) in [5, 5.41) is 4.89. The molecule has 2 heteroatoms. The molecule has 2 rings (SSSR count). The molecule has 1 aromatic heterocycles. The number of allylic oxidation sites excluding steroid dienone is 1. The summed E-state index contributed by atoms with van der Waals surface area (Å²) in [6.07, 6.45) is 2.15. The summed E-state index contributed by atoms with van der Waals surface area (Å²) in [6, 6.07) is 8.72. The predicted octanol–water partition coefficient (Wildman–Crippen LogP) is 4.11. The molecular formula is C17H24N2. The molecule has 2 aromatic rings. The van der Waals surface area contributed by atoms with Gasteiger partial charge in [0.15, 0.2) is 0 Å². The van der Waals surface area contributed by atoms with Crippen LogP contribution in [0.25, 0.3) is 10.9 Å². The number of nitrogens with zero attached hydrogens (tertiary/aromatic N) is 1. The largest absolute Gasteiger partial charge is 0.343 e. The molecule has 0 radical (unpaired) electrons. The normalized spacial score (nSPS) is 12.0. The number of aromatic nitrogens is 1. The summed E-state index contributed by atoms with van der Waals surface area (Å²) >= 11 is 0. The molecule has 0 unspecified atom stereocenters. The first-order chi connectivity index (χ1) is 8.87. The average Bonchev–Trinajstić information content (AvgIpc) is 2.69. The molecule has 19 heavy (non-hydrogen) atoms. The van der Waals surface area contributed by atoms with Gasteiger partial charge in [0, 0.05) is 35.7 Å². The van der Waals surface area contributed by atoms with Crippen LogP contribution in [0.4, 0.5) is 0 Å². The number of hydrogen-bond acceptors (Lipinski definition) is 1. The summed E-state index contributed by atoms with van der Waals surface area (Å²) in [5.41, 5.74) is 3.96. The van der Waals surface area contributed by atoms with Crippen LogP contribution in [-0.2, 0) is 13.1 Å². The monoisotopic (exact) mass is 256 g/mol. The van der Waals surface area contributed by atoms with E-state index in [-0.39, 0.29) is 5.54 Å². The van der Waals surface area contributed by atoms with Gasteiger partial charge in [-0.3, -0.25) is 0 Å². The zero-order valence-electron chi connectivity index (χ0n) is 12.5. The van der Waals surface area contributed by atoms with Crippen molar-refractivity contribution < 1.29 is 0 Å². The van der Waals surface area contributed by atoms with Gasteiger partial charge >= 0.3 is 0 Å². The second-order valence-electron chi connectivity index (χ2n) is 6.35. The Morgan fingerprint density at radius 1 is 1.26 bits per heavy atom. The molecular weight excluding hydrogens is 232 g/mol. The van der Waals surface area contributed by atoms with Crippen LogP contribution in [0.3, 0.4) is 0 Å². The Bertz CT molecular complexity index is 585. The smallest absolute Gasteiger partial charge is 0.0486 e. The molecule has 0 atom stereocenters. The Morgan fingerprint density at radius 3 is 2.63 bits per heavy atom. The van der Waals surface area contributed by atoms with Gasteiger partial charge in [0.1, 0.15) is 0 Å². The maximum atomic E-state index is 3.99. The van der Waals surface area contributed by atoms with Crippen LogP contribution in [0.2, 0.25) is 0 Å². The maximum Gasteiger partial charge on any atom is 0.0486 e. The Morgan fingerprint density at radius 2 is 2.00 bits per heavy atom. The first kappa shape index (κ1) is 13.9. The molecule has 0 fully saturated rings. The van der Waals surface area contributed by atoms with E-state index in [1.807, 2.05) is 0 Å². The van der Waals surface area contributed by atoms with Crippen LogP contribution in [0.15, 0.2) is 42.6 Å². The Balaban J connectivity index is 2.31. The average molecular weight is 256 g/mol. The van der Waals surface area contributed by atoms with Gasteiger partial charge in [-0.05, 0) is 45.4 Å². The standard InChI is InChI=1S/C17H24N2/c1-13(2)12-19-10-9-15-14(7-6-8-16(15)19)11-18-17(3,4)5/h6-10,18H,1,11-12H2,2-5H3. The number of hydrogen-bond donors (Lipinski definition) is 1. The van der Waals surface area contributed by atoms with Gasteiger partial charge < -0.3 is 9.88 Å². The van der Waals surface area contributed by atoms with E-state index in [1.165, 1.54) is 22.0 Å². The van der Waals surface area contributed by atoms with E-state index >= 15 is 0 Å². The highest BCUT2D eigenvalue weighted by molar-refractivity contribution is 5.83. The summed E-state index contributed by atoms with van der Waals surface area (Å²) in [6.45, 7) is 14.4. The van der Waals surface area contributed by atoms with Gasteiger partial charge in [-0.1, -0.05) is 24.3 Å². The lowest BCUT2D eigenvalue weighted by Gasteiger charge is -2.21. The minimum absolute atomic E-state index is 0.141. The summed E-state index contributed by atoms with van der Waals surface area (Å²) in [4.78, 5) is 0. The fraction of sp³-hybridized carbons (Fsp3) is 0.412. The van der Waals surface area contributed by atoms with Crippen LogP contribution in [0.1, 0.15) is 33.3 Å². The zero-order valence-corrected chi connectivity index (χ0v) is 12.5. The zero-order chi connectivity index (χ0) is 14.0. The maximum absolute atomic E-state index is 3.99. The molecule has 2 nitrogen and oxygen atoms in total. The molecule has 102 valence electrons. The highest BCUT2D eigenvalue weighted by atomic mass is 15.0. The first-order valence-corrected chi connectivity index (χ1v) is 6.83. The minimum Gasteiger partial charge on any atom is -0.343 e. The first-order valence-electron chi connectivity index (χ1n) is 6.83. The summed E-state index contributed by atoms with van der Waals surface area (Å²) in [7, 11) is 0. The van der Waals surface area contributed by atoms with Crippen LogP contribution in [-0.4, -0.2) is 10.1 Å². The van der Waals surface area contributed by atoms with Crippen molar-refractivity contribution in [2.24, 2.45) is 0 Å². The van der Waals surface area contributed by atoms with Gasteiger partial charge in [-0.2, -0.15) is 0 Å². The van der Waals surface area contributed by atoms with Gasteiger partial charge in [-0.25, -0.2) is 0 Å². The highest BCUT2D eigenvalue weighted by Crippen LogP contribution is 2.21. The van der Waals surface area contributed by atoms with E-state index in [1.54, 1.807) is 0 Å². The third-order valence-electron chi connectivity index (χ3n) is 3.15. The van der Waals surface area contributed by atoms with E-state index in [0.717, 1.165) is 13.1 Å². The molecule has 1 heterocycles. The second-order valence-corrected chi connectivity index (χ2v) is 6.35. The Hall–Kier alpha value is -1.54. The van der Waals surface area contributed by atoms with Crippen molar-refractivity contribution in [2.75, 3.05) is 0 Å². The topological polar surface area (TPSA) is 17.0 Å². The minimum atomic E-state index is 0.141. The number of benzene rings is 1. The van der Waals surface area contributed by atoms with Crippen molar-refractivity contribution in [1.82, 2.24) is 9.88 Å². The Kier molecular flexibility index (Phi) is 3.81. The molecule has 0 saturated heterocycles. The third kappa shape index (κ3) is 3.48. The number of nitrogens with one attached hydrogen (secondary N) is 1. The van der Waals surface area contributed by atoms with Crippen molar-refractivity contribution in [1.29, 1.82) is 0 Å². The van der Waals surface area contributed by atoms with Crippen LogP contribution in [0, 0.1) is 0 Å². The molecule has 1 aromatic carbocycles. The molecule has 0 aliphatic rings. The van der Waals surface area contributed by atoms with E-state index in [9.17, 15) is 0 Å². The van der Waals surface area contributed by atoms with Crippen LogP contribution < -0.4 is 5.32 Å². The fourth-order valence-corrected chi connectivity index (χ4v) is 2.23. The molecule has 1 N–H and O–H groups in total. The van der Waals surface area contributed by atoms with Gasteiger partial charge in [-0.15, -0.1) is 0 Å². The van der Waals surface area contributed by atoms with Crippen molar-refractivity contribution in [2.45, 2.75) is 46.3 Å². The third-order valence-corrected chi connectivity index (χ3v) is 3.15. The van der Waals surface area contributed by atoms with Crippen molar-refractivity contribution in [3.63, 3.8) is 0 Å². The molecule has 0 bridgehead atoms. The van der Waals surface area contributed by atoms with Gasteiger partial charge in [0.05, 0.1) is 0 Å². The lowest BCUT2D eigenvalue weighted by Crippen LogP contribution is -2.35. The fourth-order valence-electron chi connectivity index (χ4n) is 2.23. The Labute approximate surface area is 116 Å².